The molecule has 132 valence electrons. The number of rotatable bonds is 2. The summed E-state index contributed by atoms with van der Waals surface area (Å²) in [5.74, 6) is -0.792. The number of carbonyl (C=O) groups excluding carboxylic acids is 2. The topological polar surface area (TPSA) is 86.0 Å². The van der Waals surface area contributed by atoms with Crippen molar-refractivity contribution in [2.45, 2.75) is 52.4 Å². The molecule has 1 aromatic rings. The maximum absolute atomic E-state index is 13.0. The number of aryl methyl sites for hydroxylation is 1. The van der Waals surface area contributed by atoms with Crippen LogP contribution in [0.4, 0.5) is 0 Å². The predicted molar refractivity (Wildman–Crippen MR) is 87.6 cm³/mol. The van der Waals surface area contributed by atoms with Gasteiger partial charge >= 0.3 is 5.97 Å². The van der Waals surface area contributed by atoms with Crippen LogP contribution in [0.25, 0.3) is 6.08 Å². The highest BCUT2D eigenvalue weighted by molar-refractivity contribution is 6.04. The third kappa shape index (κ3) is 3.60. The Labute approximate surface area is 141 Å². The second-order valence-corrected chi connectivity index (χ2v) is 6.37. The number of aliphatic hydroxyl groups excluding tert-OH is 1. The molecule has 6 nitrogen and oxygen atoms in total. The van der Waals surface area contributed by atoms with Crippen molar-refractivity contribution in [1.29, 1.82) is 0 Å². The number of fused-ring (bicyclic) bond motifs is 1. The number of ketones is 1. The van der Waals surface area contributed by atoms with E-state index in [0.717, 1.165) is 0 Å². The highest BCUT2D eigenvalue weighted by Crippen LogP contribution is 2.30. The molecule has 1 aromatic heterocycles. The van der Waals surface area contributed by atoms with Gasteiger partial charge in [0.05, 0.1) is 17.9 Å². The first-order chi connectivity index (χ1) is 11.3. The highest BCUT2D eigenvalue weighted by atomic mass is 16.5. The summed E-state index contributed by atoms with van der Waals surface area (Å²) in [5.41, 5.74) is 1.70. The van der Waals surface area contributed by atoms with Crippen LogP contribution in [0.5, 0.6) is 0 Å². The average molecular weight is 336 g/mol. The zero-order chi connectivity index (χ0) is 18.0. The van der Waals surface area contributed by atoms with Gasteiger partial charge in [-0.1, -0.05) is 6.92 Å². The van der Waals surface area contributed by atoms with Gasteiger partial charge in [0.25, 0.3) is 0 Å². The van der Waals surface area contributed by atoms with Crippen molar-refractivity contribution in [3.63, 3.8) is 0 Å². The number of methoxy groups -OCH3 is 1. The fraction of sp³-hybridized carbons (Fsp3) is 0.556. The van der Waals surface area contributed by atoms with Crippen molar-refractivity contribution in [2.24, 2.45) is 5.92 Å². The van der Waals surface area contributed by atoms with E-state index in [9.17, 15) is 14.7 Å². The fourth-order valence-electron chi connectivity index (χ4n) is 3.06. The van der Waals surface area contributed by atoms with E-state index in [1.165, 1.54) is 20.3 Å². The van der Waals surface area contributed by atoms with Crippen LogP contribution in [0, 0.1) is 12.8 Å². The summed E-state index contributed by atoms with van der Waals surface area (Å²) in [6.45, 7) is 6.60. The Morgan fingerprint density at radius 2 is 2.04 bits per heavy atom. The fourth-order valence-corrected chi connectivity index (χ4v) is 3.06. The number of carbonyl (C=O) groups is 2. The molecule has 1 heterocycles. The monoisotopic (exact) mass is 336 g/mol. The van der Waals surface area contributed by atoms with E-state index in [2.05, 4.69) is 0 Å². The van der Waals surface area contributed by atoms with Crippen LogP contribution in [0.1, 0.15) is 48.9 Å². The Balaban J connectivity index is 2.58. The Morgan fingerprint density at radius 3 is 2.62 bits per heavy atom. The molecule has 0 saturated heterocycles. The molecule has 0 bridgehead atoms. The van der Waals surface area contributed by atoms with Crippen molar-refractivity contribution in [1.82, 2.24) is 0 Å². The number of aliphatic hydroxyl groups is 1. The number of esters is 1. The zero-order valence-corrected chi connectivity index (χ0v) is 14.7. The van der Waals surface area contributed by atoms with Gasteiger partial charge in [0.1, 0.15) is 11.9 Å². The Bertz CT molecular complexity index is 656. The molecule has 24 heavy (non-hydrogen) atoms. The molecule has 1 aliphatic carbocycles. The predicted octanol–water partition coefficient (Wildman–Crippen LogP) is 2.52. The minimum atomic E-state index is -0.950. The summed E-state index contributed by atoms with van der Waals surface area (Å²) in [6.07, 6.45) is 1.19. The average Bonchev–Trinajstić information content (AvgIpc) is 2.88. The molecular weight excluding hydrogens is 312 g/mol. The van der Waals surface area contributed by atoms with Gasteiger partial charge in [-0.25, -0.2) is 0 Å². The third-order valence-corrected chi connectivity index (χ3v) is 4.40. The maximum atomic E-state index is 13.0. The number of Topliss-reactive ketones (excluding diaryl/α,β-unsaturated/α-hetero) is 1. The first-order valence-corrected chi connectivity index (χ1v) is 7.94. The molecule has 0 unspecified atom stereocenters. The molecule has 4 atom stereocenters. The van der Waals surface area contributed by atoms with Crippen LogP contribution in [0.15, 0.2) is 16.3 Å². The van der Waals surface area contributed by atoms with Gasteiger partial charge in [-0.05, 0) is 37.5 Å². The van der Waals surface area contributed by atoms with E-state index in [1.54, 1.807) is 26.8 Å². The van der Waals surface area contributed by atoms with E-state index < -0.39 is 24.3 Å². The molecule has 0 radical (unpaired) electrons. The van der Waals surface area contributed by atoms with E-state index >= 15 is 0 Å². The van der Waals surface area contributed by atoms with Crippen LogP contribution >= 0.6 is 0 Å². The summed E-state index contributed by atoms with van der Waals surface area (Å²) < 4.78 is 16.2. The number of ether oxygens (including phenoxy) is 2. The Hall–Kier alpha value is -1.92. The summed E-state index contributed by atoms with van der Waals surface area (Å²) in [7, 11) is 1.50. The van der Waals surface area contributed by atoms with Gasteiger partial charge in [0, 0.05) is 20.0 Å². The lowest BCUT2D eigenvalue weighted by Gasteiger charge is -2.29. The second kappa shape index (κ2) is 7.32. The Kier molecular flexibility index (Phi) is 5.62. The van der Waals surface area contributed by atoms with Gasteiger partial charge < -0.3 is 19.0 Å². The molecule has 2 rings (SSSR count). The lowest BCUT2D eigenvalue weighted by Crippen LogP contribution is -2.39. The number of hydrogen-bond acceptors (Lipinski definition) is 6. The van der Waals surface area contributed by atoms with E-state index in [4.69, 9.17) is 13.9 Å². The molecular formula is C18H24O6. The van der Waals surface area contributed by atoms with Crippen LogP contribution in [0.3, 0.4) is 0 Å². The van der Waals surface area contributed by atoms with Crippen LogP contribution in [0.2, 0.25) is 0 Å². The summed E-state index contributed by atoms with van der Waals surface area (Å²) >= 11 is 0. The normalized spacial score (nSPS) is 30.2. The summed E-state index contributed by atoms with van der Waals surface area (Å²) in [6, 6.07) is 0. The van der Waals surface area contributed by atoms with Gasteiger partial charge in [-0.3, -0.25) is 9.59 Å². The standard InChI is InChI=1S/C18H24O6/c1-9-6-13-15(11(3)8-23-13)17(21)18(24-12(4)19)10(2)7-14(22-5)16(9)20/h6,8,10,14,16,18,20H,7H2,1-5H3/b9-6-/t10-,14-,16-,18-/m1/s1. The van der Waals surface area contributed by atoms with Crippen LogP contribution in [-0.4, -0.2) is 42.3 Å². The first kappa shape index (κ1) is 18.4. The summed E-state index contributed by atoms with van der Waals surface area (Å²) in [4.78, 5) is 24.5. The molecule has 1 aliphatic rings. The largest absolute Gasteiger partial charge is 0.464 e. The molecule has 0 aromatic carbocycles. The smallest absolute Gasteiger partial charge is 0.303 e. The second-order valence-electron chi connectivity index (χ2n) is 6.37. The SMILES string of the molecule is CO[C@@H]1C[C@@H](C)[C@@H](OC(C)=O)C(=O)c2c(C)coc2/C=C(/C)[C@H]1O. The molecule has 0 saturated carbocycles. The van der Waals surface area contributed by atoms with Crippen molar-refractivity contribution < 1.29 is 28.6 Å². The van der Waals surface area contributed by atoms with Gasteiger partial charge in [-0.2, -0.15) is 0 Å². The van der Waals surface area contributed by atoms with Gasteiger partial charge in [-0.15, -0.1) is 0 Å². The lowest BCUT2D eigenvalue weighted by molar-refractivity contribution is -0.147. The maximum Gasteiger partial charge on any atom is 0.303 e. The minimum absolute atomic E-state index is 0.297. The number of hydrogen-bond donors (Lipinski definition) is 1. The van der Waals surface area contributed by atoms with Gasteiger partial charge in [0.15, 0.2) is 6.10 Å². The van der Waals surface area contributed by atoms with Crippen molar-refractivity contribution in [3.05, 3.63) is 28.7 Å². The Morgan fingerprint density at radius 1 is 1.38 bits per heavy atom. The quantitative estimate of drug-likeness (QED) is 0.835. The lowest BCUT2D eigenvalue weighted by atomic mass is 9.86. The van der Waals surface area contributed by atoms with Crippen molar-refractivity contribution >= 4 is 17.8 Å². The van der Waals surface area contributed by atoms with Crippen molar-refractivity contribution in [3.8, 4) is 0 Å². The highest BCUT2D eigenvalue weighted by Gasteiger charge is 2.36. The van der Waals surface area contributed by atoms with Gasteiger partial charge in [0.2, 0.25) is 5.78 Å². The molecule has 1 N–H and O–H groups in total. The van der Waals surface area contributed by atoms with Crippen LogP contribution in [-0.2, 0) is 14.3 Å². The zero-order valence-electron chi connectivity index (χ0n) is 14.7. The van der Waals surface area contributed by atoms with Crippen LogP contribution < -0.4 is 0 Å². The molecule has 0 amide bonds. The van der Waals surface area contributed by atoms with Crippen molar-refractivity contribution in [2.75, 3.05) is 7.11 Å². The molecule has 0 aliphatic heterocycles. The summed E-state index contributed by atoms with van der Waals surface area (Å²) in [5, 5.41) is 10.5. The number of furan rings is 1. The minimum Gasteiger partial charge on any atom is -0.464 e. The van der Waals surface area contributed by atoms with E-state index in [1.807, 2.05) is 0 Å². The molecule has 0 fully saturated rings. The molecule has 0 spiro atoms. The van der Waals surface area contributed by atoms with E-state index in [0.29, 0.717) is 28.9 Å². The van der Waals surface area contributed by atoms with E-state index in [-0.39, 0.29) is 11.7 Å². The molecule has 6 heteroatoms. The first-order valence-electron chi connectivity index (χ1n) is 7.94. The third-order valence-electron chi connectivity index (χ3n) is 4.40.